The quantitative estimate of drug-likeness (QED) is 0.331. The van der Waals surface area contributed by atoms with Crippen LogP contribution in [0.25, 0.3) is 22.1 Å². The lowest BCUT2D eigenvalue weighted by atomic mass is 10.0. The summed E-state index contributed by atoms with van der Waals surface area (Å²) in [5.74, 6) is 2.05. The SMILES string of the molecule is C=CC(=O)N1CC=C(c2cc3c(Nc4ccc(Oc5ccn6ncnc6c5)c(C)c4)ncnc3cn2)CC1. The number of anilines is 2. The second kappa shape index (κ2) is 9.74. The van der Waals surface area contributed by atoms with E-state index in [-0.39, 0.29) is 5.91 Å². The smallest absolute Gasteiger partial charge is 0.246 e. The first-order valence-corrected chi connectivity index (χ1v) is 12.1. The molecule has 0 fully saturated rings. The molecule has 5 heterocycles. The molecule has 4 aromatic heterocycles. The highest BCUT2D eigenvalue weighted by Gasteiger charge is 2.17. The van der Waals surface area contributed by atoms with Crippen molar-refractivity contribution in [2.75, 3.05) is 18.4 Å². The molecule has 1 aliphatic heterocycles. The zero-order valence-corrected chi connectivity index (χ0v) is 20.7. The molecule has 10 nitrogen and oxygen atoms in total. The Labute approximate surface area is 218 Å². The van der Waals surface area contributed by atoms with Crippen molar-refractivity contribution in [1.82, 2.24) is 34.4 Å². The summed E-state index contributed by atoms with van der Waals surface area (Å²) in [6, 6.07) is 11.6. The largest absolute Gasteiger partial charge is 0.457 e. The molecule has 6 rings (SSSR count). The highest BCUT2D eigenvalue weighted by molar-refractivity contribution is 5.92. The van der Waals surface area contributed by atoms with Crippen molar-refractivity contribution in [2.45, 2.75) is 13.3 Å². The van der Waals surface area contributed by atoms with Gasteiger partial charge in [-0.3, -0.25) is 9.78 Å². The molecule has 0 bridgehead atoms. The average molecular weight is 505 g/mol. The minimum Gasteiger partial charge on any atom is -0.457 e. The van der Waals surface area contributed by atoms with Gasteiger partial charge in [0, 0.05) is 36.4 Å². The molecule has 188 valence electrons. The van der Waals surface area contributed by atoms with Crippen LogP contribution in [0.2, 0.25) is 0 Å². The molecular formula is C28H24N8O2. The van der Waals surface area contributed by atoms with E-state index in [4.69, 9.17) is 4.74 Å². The molecule has 0 saturated heterocycles. The van der Waals surface area contributed by atoms with Crippen LogP contribution < -0.4 is 10.1 Å². The van der Waals surface area contributed by atoms with Crippen LogP contribution in [0.1, 0.15) is 17.7 Å². The fourth-order valence-electron chi connectivity index (χ4n) is 4.43. The number of nitrogens with zero attached hydrogens (tertiary/aromatic N) is 7. The van der Waals surface area contributed by atoms with E-state index in [0.29, 0.717) is 24.7 Å². The fourth-order valence-corrected chi connectivity index (χ4v) is 4.43. The van der Waals surface area contributed by atoms with E-state index in [1.165, 1.54) is 18.7 Å². The third-order valence-electron chi connectivity index (χ3n) is 6.46. The number of pyridine rings is 2. The molecule has 0 radical (unpaired) electrons. The average Bonchev–Trinajstić information content (AvgIpc) is 3.42. The molecular weight excluding hydrogens is 480 g/mol. The van der Waals surface area contributed by atoms with Crippen LogP contribution in [0.3, 0.4) is 0 Å². The number of fused-ring (bicyclic) bond motifs is 2. The van der Waals surface area contributed by atoms with Gasteiger partial charge in [0.25, 0.3) is 0 Å². The number of carbonyl (C=O) groups excluding carboxylic acids is 1. The number of carbonyl (C=O) groups is 1. The number of aromatic nitrogens is 6. The maximum absolute atomic E-state index is 11.9. The molecule has 38 heavy (non-hydrogen) atoms. The summed E-state index contributed by atoms with van der Waals surface area (Å²) in [4.78, 5) is 31.4. The van der Waals surface area contributed by atoms with Crippen LogP contribution in [0.4, 0.5) is 11.5 Å². The fraction of sp³-hybridized carbons (Fsp3) is 0.143. The van der Waals surface area contributed by atoms with Crippen molar-refractivity contribution >= 4 is 39.5 Å². The summed E-state index contributed by atoms with van der Waals surface area (Å²) in [5, 5.41) is 8.39. The molecule has 1 amide bonds. The molecule has 0 aliphatic carbocycles. The number of aryl methyl sites for hydroxylation is 1. The second-order valence-electron chi connectivity index (χ2n) is 8.91. The maximum atomic E-state index is 11.9. The van der Waals surface area contributed by atoms with Crippen LogP contribution in [-0.4, -0.2) is 53.4 Å². The highest BCUT2D eigenvalue weighted by Crippen LogP contribution is 2.31. The van der Waals surface area contributed by atoms with Crippen molar-refractivity contribution in [3.05, 3.63) is 91.4 Å². The lowest BCUT2D eigenvalue weighted by Crippen LogP contribution is -2.33. The van der Waals surface area contributed by atoms with Crippen LogP contribution >= 0.6 is 0 Å². The normalized spacial score (nSPS) is 13.4. The lowest BCUT2D eigenvalue weighted by molar-refractivity contribution is -0.125. The first kappa shape index (κ1) is 23.3. The van der Waals surface area contributed by atoms with E-state index in [2.05, 4.69) is 36.9 Å². The molecule has 1 aliphatic rings. The van der Waals surface area contributed by atoms with Crippen molar-refractivity contribution in [2.24, 2.45) is 0 Å². The van der Waals surface area contributed by atoms with Gasteiger partial charge in [-0.1, -0.05) is 12.7 Å². The maximum Gasteiger partial charge on any atom is 0.246 e. The molecule has 10 heteroatoms. The van der Waals surface area contributed by atoms with E-state index in [0.717, 1.165) is 51.2 Å². The predicted octanol–water partition coefficient (Wildman–Crippen LogP) is 4.71. The van der Waals surface area contributed by atoms with E-state index in [1.54, 1.807) is 15.6 Å². The Kier molecular flexibility index (Phi) is 5.97. The molecule has 0 unspecified atom stereocenters. The number of hydrogen-bond donors (Lipinski definition) is 1. The Bertz CT molecular complexity index is 1730. The van der Waals surface area contributed by atoms with Gasteiger partial charge in [-0.05, 0) is 60.9 Å². The number of ether oxygens (including phenoxy) is 1. The van der Waals surface area contributed by atoms with Crippen molar-refractivity contribution in [3.63, 3.8) is 0 Å². The predicted molar refractivity (Wildman–Crippen MR) is 144 cm³/mol. The van der Waals surface area contributed by atoms with Crippen molar-refractivity contribution in [1.29, 1.82) is 0 Å². The minimum atomic E-state index is -0.0604. The first-order valence-electron chi connectivity index (χ1n) is 12.1. The Morgan fingerprint density at radius 2 is 2.03 bits per heavy atom. The van der Waals surface area contributed by atoms with Gasteiger partial charge in [0.2, 0.25) is 5.91 Å². The Morgan fingerprint density at radius 3 is 2.84 bits per heavy atom. The lowest BCUT2D eigenvalue weighted by Gasteiger charge is -2.25. The first-order chi connectivity index (χ1) is 18.6. The molecule has 0 atom stereocenters. The number of amides is 1. The zero-order chi connectivity index (χ0) is 26.1. The monoisotopic (exact) mass is 504 g/mol. The Morgan fingerprint density at radius 1 is 1.11 bits per heavy atom. The van der Waals surface area contributed by atoms with E-state index in [1.807, 2.05) is 55.6 Å². The summed E-state index contributed by atoms with van der Waals surface area (Å²) >= 11 is 0. The van der Waals surface area contributed by atoms with Gasteiger partial charge in [-0.25, -0.2) is 19.5 Å². The van der Waals surface area contributed by atoms with Gasteiger partial charge in [0.1, 0.15) is 30.0 Å². The zero-order valence-electron chi connectivity index (χ0n) is 20.7. The summed E-state index contributed by atoms with van der Waals surface area (Å²) in [6.45, 7) is 6.73. The van der Waals surface area contributed by atoms with E-state index < -0.39 is 0 Å². The van der Waals surface area contributed by atoms with Gasteiger partial charge < -0.3 is 15.0 Å². The van der Waals surface area contributed by atoms with Gasteiger partial charge in [-0.15, -0.1) is 0 Å². The third kappa shape index (κ3) is 4.55. The van der Waals surface area contributed by atoms with Gasteiger partial charge in [-0.2, -0.15) is 5.10 Å². The van der Waals surface area contributed by atoms with Gasteiger partial charge in [0.05, 0.1) is 17.4 Å². The summed E-state index contributed by atoms with van der Waals surface area (Å²) in [7, 11) is 0. The number of benzene rings is 1. The highest BCUT2D eigenvalue weighted by atomic mass is 16.5. The van der Waals surface area contributed by atoms with Crippen LogP contribution in [0.5, 0.6) is 11.5 Å². The van der Waals surface area contributed by atoms with Crippen LogP contribution in [-0.2, 0) is 4.79 Å². The second-order valence-corrected chi connectivity index (χ2v) is 8.91. The number of rotatable bonds is 6. The molecule has 0 saturated carbocycles. The number of nitrogens with one attached hydrogen (secondary N) is 1. The molecule has 1 aromatic carbocycles. The Hall–Kier alpha value is -5.12. The van der Waals surface area contributed by atoms with E-state index in [9.17, 15) is 4.79 Å². The van der Waals surface area contributed by atoms with Crippen molar-refractivity contribution < 1.29 is 9.53 Å². The summed E-state index contributed by atoms with van der Waals surface area (Å²) in [5.41, 5.74) is 5.24. The summed E-state index contributed by atoms with van der Waals surface area (Å²) in [6.07, 6.45) is 10.7. The Balaban J connectivity index is 1.23. The van der Waals surface area contributed by atoms with E-state index >= 15 is 0 Å². The number of hydrogen-bond acceptors (Lipinski definition) is 8. The van der Waals surface area contributed by atoms with Crippen LogP contribution in [0.15, 0.2) is 80.2 Å². The minimum absolute atomic E-state index is 0.0604. The van der Waals surface area contributed by atoms with Gasteiger partial charge >= 0.3 is 0 Å². The third-order valence-corrected chi connectivity index (χ3v) is 6.46. The summed E-state index contributed by atoms with van der Waals surface area (Å²) < 4.78 is 7.78. The molecule has 5 aromatic rings. The van der Waals surface area contributed by atoms with Crippen molar-refractivity contribution in [3.8, 4) is 11.5 Å². The standard InChI is InChI=1S/C28H24N8O2/c1-3-27(37)35-9-6-19(7-10-35)23-14-22-24(15-29-23)30-16-32-28(22)34-20-4-5-25(18(2)12-20)38-21-8-11-36-26(13-21)31-17-33-36/h3-6,8,11-17H,1,7,9-10H2,2H3,(H,30,32,34). The van der Waals surface area contributed by atoms with Gasteiger partial charge in [0.15, 0.2) is 5.65 Å². The topological polar surface area (TPSA) is 110 Å². The molecule has 1 N–H and O–H groups in total. The molecule has 0 spiro atoms. The van der Waals surface area contributed by atoms with Crippen LogP contribution in [0, 0.1) is 6.92 Å².